The SMILES string of the molecule is Cc1n[nH]c(C)c1Cc1ccc(NC(=S)NC(=O)c2cccc(F)c2)cc1. The number of aromatic nitrogens is 2. The lowest BCUT2D eigenvalue weighted by atomic mass is 10.0. The third-order valence-electron chi connectivity index (χ3n) is 4.19. The van der Waals surface area contributed by atoms with Crippen molar-refractivity contribution in [3.05, 3.63) is 82.4 Å². The van der Waals surface area contributed by atoms with Crippen molar-refractivity contribution >= 4 is 28.9 Å². The van der Waals surface area contributed by atoms with E-state index in [1.54, 1.807) is 0 Å². The Hall–Kier alpha value is -3.06. The zero-order valence-electron chi connectivity index (χ0n) is 15.0. The minimum Gasteiger partial charge on any atom is -0.332 e. The molecule has 0 aliphatic heterocycles. The van der Waals surface area contributed by atoms with Gasteiger partial charge in [0.2, 0.25) is 0 Å². The molecule has 2 aromatic carbocycles. The largest absolute Gasteiger partial charge is 0.332 e. The van der Waals surface area contributed by atoms with Crippen molar-refractivity contribution in [2.75, 3.05) is 5.32 Å². The highest BCUT2D eigenvalue weighted by molar-refractivity contribution is 7.80. The van der Waals surface area contributed by atoms with E-state index in [0.29, 0.717) is 0 Å². The first-order chi connectivity index (χ1) is 12.9. The summed E-state index contributed by atoms with van der Waals surface area (Å²) in [6.45, 7) is 3.99. The highest BCUT2D eigenvalue weighted by Gasteiger charge is 2.10. The van der Waals surface area contributed by atoms with Gasteiger partial charge in [-0.05, 0) is 62.0 Å². The average molecular weight is 382 g/mol. The van der Waals surface area contributed by atoms with Crippen molar-refractivity contribution in [1.29, 1.82) is 0 Å². The van der Waals surface area contributed by atoms with E-state index in [9.17, 15) is 9.18 Å². The number of hydrogen-bond donors (Lipinski definition) is 3. The quantitative estimate of drug-likeness (QED) is 0.599. The molecular formula is C20H19FN4OS. The zero-order valence-corrected chi connectivity index (χ0v) is 15.8. The first kappa shape index (κ1) is 18.7. The van der Waals surface area contributed by atoms with Crippen molar-refractivity contribution in [2.45, 2.75) is 20.3 Å². The van der Waals surface area contributed by atoms with Crippen molar-refractivity contribution < 1.29 is 9.18 Å². The lowest BCUT2D eigenvalue weighted by molar-refractivity contribution is 0.0977. The Morgan fingerprint density at radius 3 is 2.56 bits per heavy atom. The molecule has 27 heavy (non-hydrogen) atoms. The van der Waals surface area contributed by atoms with E-state index in [1.807, 2.05) is 38.1 Å². The van der Waals surface area contributed by atoms with Crippen LogP contribution in [0.4, 0.5) is 10.1 Å². The number of benzene rings is 2. The monoisotopic (exact) mass is 382 g/mol. The van der Waals surface area contributed by atoms with Crippen LogP contribution in [0.1, 0.15) is 32.9 Å². The highest BCUT2D eigenvalue weighted by atomic mass is 32.1. The molecule has 0 bridgehead atoms. The molecule has 1 heterocycles. The van der Waals surface area contributed by atoms with Crippen LogP contribution >= 0.6 is 12.2 Å². The fourth-order valence-electron chi connectivity index (χ4n) is 2.71. The number of hydrogen-bond acceptors (Lipinski definition) is 3. The van der Waals surface area contributed by atoms with E-state index in [1.165, 1.54) is 23.8 Å². The molecule has 0 aliphatic rings. The fourth-order valence-corrected chi connectivity index (χ4v) is 2.92. The van der Waals surface area contributed by atoms with Gasteiger partial charge in [0.05, 0.1) is 5.69 Å². The van der Waals surface area contributed by atoms with Crippen molar-refractivity contribution in [3.63, 3.8) is 0 Å². The Balaban J connectivity index is 1.59. The number of nitrogens with zero attached hydrogens (tertiary/aromatic N) is 1. The van der Waals surface area contributed by atoms with Crippen LogP contribution in [-0.2, 0) is 6.42 Å². The lowest BCUT2D eigenvalue weighted by Gasteiger charge is -2.10. The molecule has 0 aliphatic carbocycles. The third-order valence-corrected chi connectivity index (χ3v) is 4.39. The number of aryl methyl sites for hydroxylation is 2. The summed E-state index contributed by atoms with van der Waals surface area (Å²) in [5, 5.41) is 12.8. The van der Waals surface area contributed by atoms with Crippen LogP contribution in [0, 0.1) is 19.7 Å². The van der Waals surface area contributed by atoms with E-state index < -0.39 is 11.7 Å². The molecule has 0 saturated heterocycles. The molecule has 0 spiro atoms. The second-order valence-electron chi connectivity index (χ2n) is 6.20. The Bertz CT molecular complexity index is 962. The number of H-pyrrole nitrogens is 1. The fraction of sp³-hybridized carbons (Fsp3) is 0.150. The van der Waals surface area contributed by atoms with Gasteiger partial charge in [-0.25, -0.2) is 4.39 Å². The summed E-state index contributed by atoms with van der Waals surface area (Å²) < 4.78 is 13.2. The molecule has 0 atom stereocenters. The van der Waals surface area contributed by atoms with Crippen LogP contribution in [-0.4, -0.2) is 21.2 Å². The van der Waals surface area contributed by atoms with Gasteiger partial charge in [-0.15, -0.1) is 0 Å². The smallest absolute Gasteiger partial charge is 0.257 e. The Labute approximate surface area is 162 Å². The molecule has 3 N–H and O–H groups in total. The van der Waals surface area contributed by atoms with Gasteiger partial charge in [-0.3, -0.25) is 15.2 Å². The van der Waals surface area contributed by atoms with E-state index >= 15 is 0 Å². The maximum atomic E-state index is 13.2. The van der Waals surface area contributed by atoms with E-state index in [4.69, 9.17) is 12.2 Å². The third kappa shape index (κ3) is 4.77. The highest BCUT2D eigenvalue weighted by Crippen LogP contribution is 2.17. The molecule has 0 saturated carbocycles. The predicted molar refractivity (Wildman–Crippen MR) is 107 cm³/mol. The van der Waals surface area contributed by atoms with Crippen LogP contribution in [0.5, 0.6) is 0 Å². The van der Waals surface area contributed by atoms with Crippen LogP contribution in [0.25, 0.3) is 0 Å². The molecule has 0 unspecified atom stereocenters. The van der Waals surface area contributed by atoms with Gasteiger partial charge in [-0.2, -0.15) is 5.10 Å². The summed E-state index contributed by atoms with van der Waals surface area (Å²) in [7, 11) is 0. The number of anilines is 1. The topological polar surface area (TPSA) is 69.8 Å². The summed E-state index contributed by atoms with van der Waals surface area (Å²) in [4.78, 5) is 12.1. The predicted octanol–water partition coefficient (Wildman–Crippen LogP) is 3.88. The summed E-state index contributed by atoms with van der Waals surface area (Å²) >= 11 is 5.16. The number of aromatic amines is 1. The van der Waals surface area contributed by atoms with Gasteiger partial charge in [0.1, 0.15) is 5.82 Å². The number of nitrogens with one attached hydrogen (secondary N) is 3. The Kier molecular flexibility index (Phi) is 5.61. The molecule has 5 nitrogen and oxygen atoms in total. The van der Waals surface area contributed by atoms with E-state index in [0.717, 1.165) is 35.1 Å². The maximum absolute atomic E-state index is 13.2. The number of halogens is 1. The van der Waals surface area contributed by atoms with Crippen LogP contribution in [0.3, 0.4) is 0 Å². The second-order valence-corrected chi connectivity index (χ2v) is 6.61. The number of carbonyl (C=O) groups is 1. The minimum absolute atomic E-state index is 0.151. The minimum atomic E-state index is -0.472. The first-order valence-electron chi connectivity index (χ1n) is 8.39. The van der Waals surface area contributed by atoms with Crippen LogP contribution in [0.2, 0.25) is 0 Å². The van der Waals surface area contributed by atoms with Gasteiger partial charge in [0.25, 0.3) is 5.91 Å². The van der Waals surface area contributed by atoms with Gasteiger partial charge in [0.15, 0.2) is 5.11 Å². The first-order valence-corrected chi connectivity index (χ1v) is 8.80. The van der Waals surface area contributed by atoms with Crippen LogP contribution in [0.15, 0.2) is 48.5 Å². The molecule has 0 radical (unpaired) electrons. The molecule has 138 valence electrons. The number of amides is 1. The van der Waals surface area contributed by atoms with Crippen LogP contribution < -0.4 is 10.6 Å². The standard InChI is InChI=1S/C20H19FN4OS/c1-12-18(13(2)25-24-12)10-14-6-8-17(9-7-14)22-20(27)23-19(26)15-4-3-5-16(21)11-15/h3-9,11H,10H2,1-2H3,(H,24,25)(H2,22,23,26,27). The molecule has 7 heteroatoms. The maximum Gasteiger partial charge on any atom is 0.257 e. The van der Waals surface area contributed by atoms with E-state index in [-0.39, 0.29) is 10.7 Å². The number of rotatable bonds is 4. The normalized spacial score (nSPS) is 10.5. The molecule has 3 aromatic rings. The lowest BCUT2D eigenvalue weighted by Crippen LogP contribution is -2.34. The van der Waals surface area contributed by atoms with Gasteiger partial charge < -0.3 is 5.32 Å². The summed E-state index contributed by atoms with van der Waals surface area (Å²) in [6.07, 6.45) is 0.787. The van der Waals surface area contributed by atoms with E-state index in [2.05, 4.69) is 20.8 Å². The summed E-state index contributed by atoms with van der Waals surface area (Å²) in [5.41, 5.74) is 5.35. The molecule has 0 fully saturated rings. The van der Waals surface area contributed by atoms with Crippen molar-refractivity contribution in [1.82, 2.24) is 15.5 Å². The average Bonchev–Trinajstić information content (AvgIpc) is 2.95. The Morgan fingerprint density at radius 2 is 1.93 bits per heavy atom. The van der Waals surface area contributed by atoms with Gasteiger partial charge in [0, 0.05) is 28.9 Å². The summed E-state index contributed by atoms with van der Waals surface area (Å²) in [5.74, 6) is -0.935. The van der Waals surface area contributed by atoms with Gasteiger partial charge in [-0.1, -0.05) is 18.2 Å². The van der Waals surface area contributed by atoms with Crippen molar-refractivity contribution in [3.8, 4) is 0 Å². The number of carbonyl (C=O) groups excluding carboxylic acids is 1. The van der Waals surface area contributed by atoms with Crippen molar-refractivity contribution in [2.24, 2.45) is 0 Å². The zero-order chi connectivity index (χ0) is 19.4. The second kappa shape index (κ2) is 8.09. The Morgan fingerprint density at radius 1 is 1.19 bits per heavy atom. The molecule has 3 rings (SSSR count). The van der Waals surface area contributed by atoms with Gasteiger partial charge >= 0.3 is 0 Å². The molecule has 1 aromatic heterocycles. The molecule has 1 amide bonds. The number of thiocarbonyl (C=S) groups is 1. The summed E-state index contributed by atoms with van der Waals surface area (Å²) in [6, 6.07) is 13.2. The molecular weight excluding hydrogens is 363 g/mol.